The number of rotatable bonds is 4. The van der Waals surface area contributed by atoms with Gasteiger partial charge in [0.2, 0.25) is 0 Å². The van der Waals surface area contributed by atoms with Gasteiger partial charge in [0.25, 0.3) is 0 Å². The Kier molecular flexibility index (Phi) is 6.10. The zero-order valence-electron chi connectivity index (χ0n) is 19.8. The van der Waals surface area contributed by atoms with Gasteiger partial charge in [0.05, 0.1) is 30.1 Å². The number of ether oxygens (including phenoxy) is 1. The molecule has 0 saturated heterocycles. The Labute approximate surface area is 204 Å². The maximum atomic E-state index is 13.9. The van der Waals surface area contributed by atoms with Gasteiger partial charge in [-0.2, -0.15) is 0 Å². The second kappa shape index (κ2) is 9.50. The number of nitrogens with one attached hydrogen (secondary N) is 1. The Balaban J connectivity index is 1.61. The summed E-state index contributed by atoms with van der Waals surface area (Å²) >= 11 is 0. The highest BCUT2D eigenvalue weighted by molar-refractivity contribution is 6.01. The molecule has 6 heteroatoms. The molecule has 0 radical (unpaired) electrons. The van der Waals surface area contributed by atoms with Gasteiger partial charge in [-0.1, -0.05) is 54.6 Å². The van der Waals surface area contributed by atoms with Crippen LogP contribution in [0.4, 0.5) is 10.5 Å². The first-order chi connectivity index (χ1) is 17.1. The molecular weight excluding hydrogens is 438 g/mol. The molecule has 0 bridgehead atoms. The van der Waals surface area contributed by atoms with E-state index in [9.17, 15) is 9.59 Å². The molecule has 1 aliphatic heterocycles. The van der Waals surface area contributed by atoms with Crippen molar-refractivity contribution >= 4 is 17.7 Å². The summed E-state index contributed by atoms with van der Waals surface area (Å²) in [5, 5.41) is 3.00. The average Bonchev–Trinajstić information content (AvgIpc) is 3.30. The number of aryl methyl sites for hydroxylation is 1. The van der Waals surface area contributed by atoms with Crippen molar-refractivity contribution in [2.24, 2.45) is 0 Å². The minimum Gasteiger partial charge on any atom is -0.462 e. The van der Waals surface area contributed by atoms with Crippen LogP contribution in [0.25, 0.3) is 5.69 Å². The van der Waals surface area contributed by atoms with E-state index in [0.717, 1.165) is 28.1 Å². The lowest BCUT2D eigenvalue weighted by Crippen LogP contribution is -2.38. The number of fused-ring (bicyclic) bond motifs is 3. The predicted octanol–water partition coefficient (Wildman–Crippen LogP) is 6.10. The first-order valence-corrected chi connectivity index (χ1v) is 11.7. The SMILES string of the molecule is CCOC(=O)c1ccccc1NC(=O)N1Cc2ccccc2-n2cccc2[C@@H]1c1ccccc1C. The van der Waals surface area contributed by atoms with Crippen LogP contribution < -0.4 is 5.32 Å². The van der Waals surface area contributed by atoms with Crippen molar-refractivity contribution in [3.63, 3.8) is 0 Å². The number of hydrogen-bond donors (Lipinski definition) is 1. The molecule has 0 saturated carbocycles. The molecule has 2 amide bonds. The Morgan fingerprint density at radius 1 is 0.943 bits per heavy atom. The van der Waals surface area contributed by atoms with E-state index in [1.807, 2.05) is 47.5 Å². The molecule has 0 unspecified atom stereocenters. The van der Waals surface area contributed by atoms with Crippen molar-refractivity contribution in [2.75, 3.05) is 11.9 Å². The van der Waals surface area contributed by atoms with Crippen molar-refractivity contribution in [3.8, 4) is 5.69 Å². The van der Waals surface area contributed by atoms with Crippen LogP contribution in [0.15, 0.2) is 91.1 Å². The van der Waals surface area contributed by atoms with Crippen LogP contribution in [-0.2, 0) is 11.3 Å². The number of amides is 2. The van der Waals surface area contributed by atoms with Gasteiger partial charge in [0.1, 0.15) is 6.04 Å². The molecule has 176 valence electrons. The van der Waals surface area contributed by atoms with Crippen LogP contribution in [0.3, 0.4) is 0 Å². The van der Waals surface area contributed by atoms with Crippen LogP contribution >= 0.6 is 0 Å². The lowest BCUT2D eigenvalue weighted by atomic mass is 9.97. The number of para-hydroxylation sites is 2. The molecule has 0 spiro atoms. The lowest BCUT2D eigenvalue weighted by Gasteiger charge is -2.32. The van der Waals surface area contributed by atoms with Crippen LogP contribution in [0, 0.1) is 6.92 Å². The van der Waals surface area contributed by atoms with E-state index in [1.165, 1.54) is 0 Å². The Bertz CT molecular complexity index is 1390. The Hall–Kier alpha value is -4.32. The standard InChI is InChI=1S/C29H27N3O3/c1-3-35-28(33)23-14-7-8-15-24(23)30-29(34)32-19-21-12-5-9-16-25(21)31-18-10-17-26(31)27(32)22-13-6-4-11-20(22)2/h4-18,27H,3,19H2,1-2H3,(H,30,34)/t27-/m0/s1. The number of benzene rings is 3. The van der Waals surface area contributed by atoms with Gasteiger partial charge in [-0.25, -0.2) is 9.59 Å². The van der Waals surface area contributed by atoms with Crippen molar-refractivity contribution in [1.82, 2.24) is 9.47 Å². The number of urea groups is 1. The molecule has 35 heavy (non-hydrogen) atoms. The smallest absolute Gasteiger partial charge is 0.340 e. The molecule has 1 N–H and O–H groups in total. The van der Waals surface area contributed by atoms with Gasteiger partial charge in [0, 0.05) is 11.9 Å². The third-order valence-electron chi connectivity index (χ3n) is 6.37. The molecule has 1 aromatic heterocycles. The molecule has 5 rings (SSSR count). The van der Waals surface area contributed by atoms with E-state index in [4.69, 9.17) is 4.74 Å². The topological polar surface area (TPSA) is 63.6 Å². The van der Waals surface area contributed by atoms with Gasteiger partial charge in [-0.3, -0.25) is 0 Å². The second-order valence-corrected chi connectivity index (χ2v) is 8.52. The van der Waals surface area contributed by atoms with Crippen LogP contribution in [-0.4, -0.2) is 28.1 Å². The molecule has 1 aliphatic rings. The van der Waals surface area contributed by atoms with Gasteiger partial charge >= 0.3 is 12.0 Å². The zero-order chi connectivity index (χ0) is 24.4. The first-order valence-electron chi connectivity index (χ1n) is 11.7. The normalized spacial score (nSPS) is 14.5. The van der Waals surface area contributed by atoms with E-state index < -0.39 is 5.97 Å². The van der Waals surface area contributed by atoms with E-state index >= 15 is 0 Å². The summed E-state index contributed by atoms with van der Waals surface area (Å²) in [5.74, 6) is -0.464. The lowest BCUT2D eigenvalue weighted by molar-refractivity contribution is 0.0527. The highest BCUT2D eigenvalue weighted by Crippen LogP contribution is 2.38. The summed E-state index contributed by atoms with van der Waals surface area (Å²) in [6.45, 7) is 4.49. The van der Waals surface area contributed by atoms with Crippen LogP contribution in [0.2, 0.25) is 0 Å². The van der Waals surface area contributed by atoms with E-state index in [0.29, 0.717) is 17.8 Å². The zero-order valence-corrected chi connectivity index (χ0v) is 19.8. The fourth-order valence-corrected chi connectivity index (χ4v) is 4.73. The number of esters is 1. The fourth-order valence-electron chi connectivity index (χ4n) is 4.73. The van der Waals surface area contributed by atoms with Crippen molar-refractivity contribution in [2.45, 2.75) is 26.4 Å². The number of anilines is 1. The number of nitrogens with zero attached hydrogens (tertiary/aromatic N) is 2. The summed E-state index contributed by atoms with van der Waals surface area (Å²) in [6.07, 6.45) is 2.04. The van der Waals surface area contributed by atoms with E-state index in [1.54, 1.807) is 31.2 Å². The van der Waals surface area contributed by atoms with Crippen LogP contribution in [0.5, 0.6) is 0 Å². The molecule has 2 heterocycles. The van der Waals surface area contributed by atoms with E-state index in [-0.39, 0.29) is 18.7 Å². The summed E-state index contributed by atoms with van der Waals surface area (Å²) in [7, 11) is 0. The highest BCUT2D eigenvalue weighted by Gasteiger charge is 2.34. The minimum absolute atomic E-state index is 0.260. The summed E-state index contributed by atoms with van der Waals surface area (Å²) in [6, 6.07) is 26.6. The molecule has 1 atom stereocenters. The number of carbonyl (C=O) groups excluding carboxylic acids is 2. The van der Waals surface area contributed by atoms with Gasteiger partial charge in [-0.15, -0.1) is 0 Å². The Morgan fingerprint density at radius 3 is 2.51 bits per heavy atom. The monoisotopic (exact) mass is 465 g/mol. The van der Waals surface area contributed by atoms with Gasteiger partial charge in [-0.05, 0) is 60.9 Å². The third kappa shape index (κ3) is 4.19. The maximum absolute atomic E-state index is 13.9. The summed E-state index contributed by atoms with van der Waals surface area (Å²) in [4.78, 5) is 28.3. The first kappa shape index (κ1) is 22.5. The summed E-state index contributed by atoms with van der Waals surface area (Å²) < 4.78 is 7.36. The third-order valence-corrected chi connectivity index (χ3v) is 6.37. The quantitative estimate of drug-likeness (QED) is 0.371. The van der Waals surface area contributed by atoms with Crippen molar-refractivity contribution < 1.29 is 14.3 Å². The molecule has 0 fully saturated rings. The molecule has 4 aromatic rings. The number of hydrogen-bond acceptors (Lipinski definition) is 3. The maximum Gasteiger partial charge on any atom is 0.340 e. The van der Waals surface area contributed by atoms with Crippen LogP contribution in [0.1, 0.15) is 45.7 Å². The molecule has 3 aromatic carbocycles. The fraction of sp³-hybridized carbons (Fsp3) is 0.172. The highest BCUT2D eigenvalue weighted by atomic mass is 16.5. The van der Waals surface area contributed by atoms with Crippen molar-refractivity contribution in [1.29, 1.82) is 0 Å². The van der Waals surface area contributed by atoms with Gasteiger partial charge in [0.15, 0.2) is 0 Å². The van der Waals surface area contributed by atoms with Crippen molar-refractivity contribution in [3.05, 3.63) is 119 Å². The Morgan fingerprint density at radius 2 is 1.69 bits per heavy atom. The van der Waals surface area contributed by atoms with E-state index in [2.05, 4.69) is 41.1 Å². The molecular formula is C29H27N3O3. The average molecular weight is 466 g/mol. The minimum atomic E-state index is -0.464. The summed E-state index contributed by atoms with van der Waals surface area (Å²) in [5.41, 5.74) is 5.98. The number of carbonyl (C=O) groups is 2. The molecule has 6 nitrogen and oxygen atoms in total. The number of aromatic nitrogens is 1. The largest absolute Gasteiger partial charge is 0.462 e. The van der Waals surface area contributed by atoms with Gasteiger partial charge < -0.3 is 19.5 Å². The predicted molar refractivity (Wildman–Crippen MR) is 136 cm³/mol. The second-order valence-electron chi connectivity index (χ2n) is 8.52. The molecule has 0 aliphatic carbocycles.